The first kappa shape index (κ1) is 37.0. The van der Waals surface area contributed by atoms with Crippen LogP contribution in [0.2, 0.25) is 0 Å². The van der Waals surface area contributed by atoms with Crippen LogP contribution in [0.4, 0.5) is 0 Å². The number of hydrogen-bond donors (Lipinski definition) is 6. The van der Waals surface area contributed by atoms with E-state index in [1.807, 2.05) is 0 Å². The van der Waals surface area contributed by atoms with Crippen LogP contribution in [0.5, 0.6) is 0 Å². The summed E-state index contributed by atoms with van der Waals surface area (Å²) in [5.41, 5.74) is -0.899. The Kier molecular flexibility index (Phi) is 23.8. The van der Waals surface area contributed by atoms with Crippen LogP contribution >= 0.6 is 0 Å². The Hall–Kier alpha value is -0.390. The minimum Gasteiger partial charge on any atom is -0.396 e. The van der Waals surface area contributed by atoms with Gasteiger partial charge in [-0.2, -0.15) is 25.3 Å². The molecule has 0 radical (unpaired) electrons. The lowest BCUT2D eigenvalue weighted by atomic mass is 10.00. The van der Waals surface area contributed by atoms with Gasteiger partial charge < -0.3 is 15.3 Å². The first-order chi connectivity index (χ1) is 13.3. The Bertz CT molecular complexity index is 594. The van der Waals surface area contributed by atoms with Crippen molar-refractivity contribution in [2.24, 2.45) is 0 Å². The maximum Gasteiger partial charge on any atom is 0.264 e. The van der Waals surface area contributed by atoms with E-state index in [0.29, 0.717) is 32.1 Å². The highest BCUT2D eigenvalue weighted by atomic mass is 32.2. The van der Waals surface area contributed by atoms with Crippen molar-refractivity contribution in [2.45, 2.75) is 65.4 Å². The molecule has 15 heteroatoms. The zero-order valence-corrected chi connectivity index (χ0v) is 20.4. The lowest BCUT2D eigenvalue weighted by molar-refractivity contribution is 0.0116. The molecule has 0 bridgehead atoms. The molecule has 0 saturated carbocycles. The topological polar surface area (TPSA) is 224 Å². The van der Waals surface area contributed by atoms with E-state index in [-0.39, 0.29) is 30.5 Å². The highest BCUT2D eigenvalue weighted by Gasteiger charge is 2.17. The molecule has 0 heterocycles. The lowest BCUT2D eigenvalue weighted by Crippen LogP contribution is -2.26. The maximum absolute atomic E-state index is 9.79. The average Bonchev–Trinajstić information content (AvgIpc) is 2.45. The fourth-order valence-electron chi connectivity index (χ4n) is 1.38. The highest BCUT2D eigenvalue weighted by molar-refractivity contribution is 7.86. The summed E-state index contributed by atoms with van der Waals surface area (Å²) < 4.78 is 82.7. The molecule has 0 aromatic rings. The third kappa shape index (κ3) is 50.8. The fraction of sp³-hybridized carbons (Fsp3) is 1.00. The molecule has 0 aliphatic heterocycles. The summed E-state index contributed by atoms with van der Waals surface area (Å²) in [5, 5.41) is 26.0. The van der Waals surface area contributed by atoms with E-state index >= 15 is 0 Å². The van der Waals surface area contributed by atoms with Crippen molar-refractivity contribution in [1.29, 1.82) is 0 Å². The van der Waals surface area contributed by atoms with Crippen molar-refractivity contribution in [2.75, 3.05) is 30.5 Å². The maximum atomic E-state index is 9.79. The zero-order chi connectivity index (χ0) is 25.1. The third-order valence-electron chi connectivity index (χ3n) is 2.69. The molecule has 30 heavy (non-hydrogen) atoms. The van der Waals surface area contributed by atoms with Crippen molar-refractivity contribution < 1.29 is 54.2 Å². The summed E-state index contributed by atoms with van der Waals surface area (Å²) >= 11 is 0. The van der Waals surface area contributed by atoms with Gasteiger partial charge in [-0.1, -0.05) is 20.8 Å². The molecule has 0 unspecified atom stereocenters. The second-order valence-corrected chi connectivity index (χ2v) is 11.0. The molecule has 0 saturated heterocycles. The smallest absolute Gasteiger partial charge is 0.264 e. The minimum absolute atomic E-state index is 0.0347. The fourth-order valence-corrected chi connectivity index (χ4v) is 2.93. The van der Waals surface area contributed by atoms with E-state index in [9.17, 15) is 30.4 Å². The van der Waals surface area contributed by atoms with Gasteiger partial charge in [0.2, 0.25) is 0 Å². The number of rotatable bonds is 10. The Morgan fingerprint density at radius 3 is 0.867 bits per heavy atom. The number of hydrogen-bond acceptors (Lipinski definition) is 9. The van der Waals surface area contributed by atoms with Gasteiger partial charge in [0.25, 0.3) is 30.4 Å². The van der Waals surface area contributed by atoms with Crippen molar-refractivity contribution >= 4 is 30.4 Å². The van der Waals surface area contributed by atoms with Gasteiger partial charge in [0.1, 0.15) is 0 Å². The predicted octanol–water partition coefficient (Wildman–Crippen LogP) is 0.355. The molecule has 12 nitrogen and oxygen atoms in total. The van der Waals surface area contributed by atoms with Crippen LogP contribution in [-0.4, -0.2) is 90.3 Å². The van der Waals surface area contributed by atoms with Crippen LogP contribution in [0, 0.1) is 0 Å². The van der Waals surface area contributed by atoms with Gasteiger partial charge in [-0.3, -0.25) is 13.7 Å². The van der Waals surface area contributed by atoms with Crippen molar-refractivity contribution in [1.82, 2.24) is 0 Å². The first-order valence-corrected chi connectivity index (χ1v) is 13.9. The largest absolute Gasteiger partial charge is 0.396 e. The normalized spacial score (nSPS) is 11.8. The molecule has 0 aliphatic carbocycles. The Balaban J connectivity index is -0.000000151. The molecule has 6 N–H and O–H groups in total. The van der Waals surface area contributed by atoms with Crippen LogP contribution in [0.3, 0.4) is 0 Å². The van der Waals surface area contributed by atoms with Gasteiger partial charge in [-0.25, -0.2) is 0 Å². The van der Waals surface area contributed by atoms with E-state index < -0.39 is 36.0 Å². The molecule has 0 fully saturated rings. The summed E-state index contributed by atoms with van der Waals surface area (Å²) in [6, 6.07) is 0. The van der Waals surface area contributed by atoms with Crippen LogP contribution in [-0.2, 0) is 30.4 Å². The van der Waals surface area contributed by atoms with E-state index in [1.54, 1.807) is 27.7 Å². The summed E-state index contributed by atoms with van der Waals surface area (Å²) in [4.78, 5) is 0. The van der Waals surface area contributed by atoms with E-state index in [1.165, 1.54) is 0 Å². The Labute approximate surface area is 180 Å². The second kappa shape index (κ2) is 19.3. The van der Waals surface area contributed by atoms with Crippen LogP contribution < -0.4 is 0 Å². The van der Waals surface area contributed by atoms with Crippen molar-refractivity contribution in [3.05, 3.63) is 0 Å². The van der Waals surface area contributed by atoms with Gasteiger partial charge in [-0.15, -0.1) is 0 Å². The van der Waals surface area contributed by atoms with Crippen LogP contribution in [0.25, 0.3) is 0 Å². The lowest BCUT2D eigenvalue weighted by Gasteiger charge is -2.20. The Morgan fingerprint density at radius 1 is 0.600 bits per heavy atom. The van der Waals surface area contributed by atoms with Gasteiger partial charge in [0.05, 0.1) is 22.9 Å². The SMILES string of the molecule is CC(O)(CCO)CCO.CCCS(=O)(=O)O.CCCS(=O)(=O)O.CCCS(=O)(=O)O. The predicted molar refractivity (Wildman–Crippen MR) is 114 cm³/mol. The molecule has 0 spiro atoms. The monoisotopic (exact) mass is 506 g/mol. The quantitative estimate of drug-likeness (QED) is 0.221. The summed E-state index contributed by atoms with van der Waals surface area (Å²) in [6.07, 6.45) is 2.07. The molecule has 0 rings (SSSR count). The Morgan fingerprint density at radius 2 is 0.800 bits per heavy atom. The molecule has 0 atom stereocenters. The van der Waals surface area contributed by atoms with Crippen LogP contribution in [0.1, 0.15) is 59.8 Å². The van der Waals surface area contributed by atoms with Gasteiger partial charge in [-0.05, 0) is 39.0 Å². The molecule has 0 aromatic carbocycles. The summed E-state index contributed by atoms with van der Waals surface area (Å²) in [7, 11) is -11.0. The molecular formula is C15H38O12S3. The summed E-state index contributed by atoms with van der Waals surface area (Å²) in [5.74, 6) is -0.396. The van der Waals surface area contributed by atoms with Crippen LogP contribution in [0.15, 0.2) is 0 Å². The molecule has 0 aromatic heterocycles. The van der Waals surface area contributed by atoms with E-state index in [4.69, 9.17) is 23.9 Å². The number of aliphatic hydroxyl groups excluding tert-OH is 2. The average molecular weight is 507 g/mol. The first-order valence-electron chi connectivity index (χ1n) is 9.10. The minimum atomic E-state index is -3.67. The van der Waals surface area contributed by atoms with E-state index in [0.717, 1.165) is 0 Å². The highest BCUT2D eigenvalue weighted by Crippen LogP contribution is 2.11. The van der Waals surface area contributed by atoms with Gasteiger partial charge in [0, 0.05) is 13.2 Å². The second-order valence-electron chi connectivity index (χ2n) is 6.30. The van der Waals surface area contributed by atoms with Crippen molar-refractivity contribution in [3.63, 3.8) is 0 Å². The molecular weight excluding hydrogens is 468 g/mol. The van der Waals surface area contributed by atoms with Crippen molar-refractivity contribution in [3.8, 4) is 0 Å². The number of aliphatic hydroxyl groups is 3. The molecule has 188 valence electrons. The zero-order valence-electron chi connectivity index (χ0n) is 17.9. The molecule has 0 aliphatic rings. The standard InChI is InChI=1S/C6H14O3.3C3H8O3S/c1-6(9,2-4-7)3-5-8;3*1-2-3-7(4,5)6/h7-9H,2-5H2,1H3;3*2-3H2,1H3,(H,4,5,6). The third-order valence-corrected chi connectivity index (χ3v) is 5.46. The molecule has 0 amide bonds. The summed E-state index contributed by atoms with van der Waals surface area (Å²) in [6.45, 7) is 6.59. The van der Waals surface area contributed by atoms with Gasteiger partial charge in [0.15, 0.2) is 0 Å². The van der Waals surface area contributed by atoms with E-state index in [2.05, 4.69) is 0 Å². The van der Waals surface area contributed by atoms with Gasteiger partial charge >= 0.3 is 0 Å².